The maximum absolute atomic E-state index is 14.3. The number of rotatable bonds is 2. The fourth-order valence-electron chi connectivity index (χ4n) is 2.07. The minimum atomic E-state index is -1.18. The van der Waals surface area contributed by atoms with Crippen LogP contribution in [0.3, 0.4) is 0 Å². The summed E-state index contributed by atoms with van der Waals surface area (Å²) in [5, 5.41) is 2.65. The number of alkyl halides is 1. The van der Waals surface area contributed by atoms with E-state index in [0.717, 1.165) is 0 Å². The molecule has 0 unspecified atom stereocenters. The molecular weight excluding hydrogens is 263 g/mol. The van der Waals surface area contributed by atoms with E-state index in [0.29, 0.717) is 13.0 Å². The van der Waals surface area contributed by atoms with Gasteiger partial charge in [0.1, 0.15) is 11.8 Å². The van der Waals surface area contributed by atoms with Crippen LogP contribution in [0.15, 0.2) is 0 Å². The molecule has 1 heterocycles. The first-order valence-corrected chi connectivity index (χ1v) is 6.90. The number of carbonyl (C=O) groups excluding carboxylic acids is 2. The van der Waals surface area contributed by atoms with Crippen LogP contribution in [-0.4, -0.2) is 48.3 Å². The predicted octanol–water partition coefficient (Wildman–Crippen LogP) is 2.11. The highest BCUT2D eigenvalue weighted by Gasteiger charge is 2.42. The molecule has 6 heteroatoms. The molecule has 2 amide bonds. The van der Waals surface area contributed by atoms with Gasteiger partial charge in [0.05, 0.1) is 6.54 Å². The van der Waals surface area contributed by atoms with Crippen LogP contribution < -0.4 is 5.32 Å². The van der Waals surface area contributed by atoms with E-state index in [-0.39, 0.29) is 19.0 Å². The average molecular weight is 288 g/mol. The van der Waals surface area contributed by atoms with Crippen LogP contribution >= 0.6 is 0 Å². The summed E-state index contributed by atoms with van der Waals surface area (Å²) in [4.78, 5) is 24.2. The van der Waals surface area contributed by atoms with Crippen molar-refractivity contribution in [2.24, 2.45) is 5.41 Å². The SMILES string of the molecule is CC(=O)NC[C@]1(C)CCN(C(=O)OC(C)(C)C)C[C@@H]1F. The smallest absolute Gasteiger partial charge is 0.410 e. The first kappa shape index (κ1) is 16.7. The second kappa shape index (κ2) is 5.97. The van der Waals surface area contributed by atoms with Crippen molar-refractivity contribution in [1.82, 2.24) is 10.2 Å². The van der Waals surface area contributed by atoms with E-state index in [9.17, 15) is 14.0 Å². The molecule has 1 rings (SSSR count). The third-order valence-corrected chi connectivity index (χ3v) is 3.48. The van der Waals surface area contributed by atoms with Crippen molar-refractivity contribution in [3.05, 3.63) is 0 Å². The van der Waals surface area contributed by atoms with Crippen LogP contribution in [0.4, 0.5) is 9.18 Å². The summed E-state index contributed by atoms with van der Waals surface area (Å²) in [7, 11) is 0. The Morgan fingerprint density at radius 1 is 1.45 bits per heavy atom. The van der Waals surface area contributed by atoms with Gasteiger partial charge in [-0.25, -0.2) is 9.18 Å². The molecule has 0 aliphatic carbocycles. The van der Waals surface area contributed by atoms with Crippen molar-refractivity contribution < 1.29 is 18.7 Å². The van der Waals surface area contributed by atoms with E-state index in [1.165, 1.54) is 11.8 Å². The van der Waals surface area contributed by atoms with Gasteiger partial charge in [-0.2, -0.15) is 0 Å². The van der Waals surface area contributed by atoms with Gasteiger partial charge in [0, 0.05) is 25.4 Å². The lowest BCUT2D eigenvalue weighted by atomic mass is 9.78. The Morgan fingerprint density at radius 2 is 2.05 bits per heavy atom. The van der Waals surface area contributed by atoms with E-state index in [4.69, 9.17) is 4.74 Å². The molecule has 0 aromatic carbocycles. The van der Waals surface area contributed by atoms with Crippen LogP contribution in [0.5, 0.6) is 0 Å². The lowest BCUT2D eigenvalue weighted by molar-refractivity contribution is -0.120. The highest BCUT2D eigenvalue weighted by atomic mass is 19.1. The minimum absolute atomic E-state index is 0.00496. The molecule has 116 valence electrons. The molecule has 2 atom stereocenters. The molecular formula is C14H25FN2O3. The number of nitrogens with one attached hydrogen (secondary N) is 1. The Kier molecular flexibility index (Phi) is 5.00. The first-order valence-electron chi connectivity index (χ1n) is 6.90. The van der Waals surface area contributed by atoms with Crippen molar-refractivity contribution in [2.75, 3.05) is 19.6 Å². The number of hydrogen-bond donors (Lipinski definition) is 1. The Balaban J connectivity index is 2.58. The van der Waals surface area contributed by atoms with E-state index in [2.05, 4.69) is 5.32 Å². The lowest BCUT2D eigenvalue weighted by Crippen LogP contribution is -2.54. The van der Waals surface area contributed by atoms with Gasteiger partial charge in [-0.15, -0.1) is 0 Å². The molecule has 5 nitrogen and oxygen atoms in total. The summed E-state index contributed by atoms with van der Waals surface area (Å²) in [6.07, 6.45) is -1.18. The summed E-state index contributed by atoms with van der Waals surface area (Å²) < 4.78 is 19.6. The zero-order chi connectivity index (χ0) is 15.6. The molecule has 1 aliphatic rings. The van der Waals surface area contributed by atoms with Crippen molar-refractivity contribution >= 4 is 12.0 Å². The average Bonchev–Trinajstić information content (AvgIpc) is 2.28. The van der Waals surface area contributed by atoms with Gasteiger partial charge in [0.2, 0.25) is 5.91 Å². The zero-order valence-electron chi connectivity index (χ0n) is 13.0. The summed E-state index contributed by atoms with van der Waals surface area (Å²) in [5.74, 6) is -0.173. The van der Waals surface area contributed by atoms with Crippen LogP contribution in [0.2, 0.25) is 0 Å². The fraction of sp³-hybridized carbons (Fsp3) is 0.857. The Bertz CT molecular complexity index is 381. The number of halogens is 1. The van der Waals surface area contributed by atoms with E-state index < -0.39 is 23.3 Å². The van der Waals surface area contributed by atoms with Gasteiger partial charge in [0.25, 0.3) is 0 Å². The van der Waals surface area contributed by atoms with Crippen molar-refractivity contribution in [2.45, 2.75) is 52.8 Å². The minimum Gasteiger partial charge on any atom is -0.444 e. The van der Waals surface area contributed by atoms with Crippen molar-refractivity contribution in [3.63, 3.8) is 0 Å². The zero-order valence-corrected chi connectivity index (χ0v) is 13.0. The molecule has 20 heavy (non-hydrogen) atoms. The van der Waals surface area contributed by atoms with Crippen LogP contribution in [0, 0.1) is 5.41 Å². The number of likely N-dealkylation sites (tertiary alicyclic amines) is 1. The Hall–Kier alpha value is -1.33. The first-order chi connectivity index (χ1) is 9.03. The summed E-state index contributed by atoms with van der Waals surface area (Å²) in [5.41, 5.74) is -1.22. The molecule has 1 aliphatic heterocycles. The number of piperidine rings is 1. The summed E-state index contributed by atoms with van der Waals surface area (Å²) in [6, 6.07) is 0. The topological polar surface area (TPSA) is 58.6 Å². The maximum atomic E-state index is 14.3. The van der Waals surface area contributed by atoms with Crippen molar-refractivity contribution in [1.29, 1.82) is 0 Å². The summed E-state index contributed by atoms with van der Waals surface area (Å²) >= 11 is 0. The molecule has 0 spiro atoms. The number of hydrogen-bond acceptors (Lipinski definition) is 3. The van der Waals surface area contributed by atoms with E-state index in [1.54, 1.807) is 27.7 Å². The second-order valence-electron chi connectivity index (χ2n) is 6.71. The third-order valence-electron chi connectivity index (χ3n) is 3.48. The standard InChI is InChI=1S/C14H25FN2O3/c1-10(18)16-9-14(5)6-7-17(8-11(14)15)12(19)20-13(2,3)4/h11H,6-9H2,1-5H3,(H,16,18)/t11-,14-/m0/s1. The maximum Gasteiger partial charge on any atom is 0.410 e. The van der Waals surface area contributed by atoms with Crippen LogP contribution in [-0.2, 0) is 9.53 Å². The molecule has 0 radical (unpaired) electrons. The van der Waals surface area contributed by atoms with Gasteiger partial charge < -0.3 is 15.0 Å². The Morgan fingerprint density at radius 3 is 2.50 bits per heavy atom. The molecule has 0 aromatic heterocycles. The quantitative estimate of drug-likeness (QED) is 0.846. The lowest BCUT2D eigenvalue weighted by Gasteiger charge is -2.42. The molecule has 0 bridgehead atoms. The predicted molar refractivity (Wildman–Crippen MR) is 74.1 cm³/mol. The third kappa shape index (κ3) is 4.65. The Labute approximate surface area is 119 Å². The summed E-state index contributed by atoms with van der Waals surface area (Å²) in [6.45, 7) is 9.27. The largest absolute Gasteiger partial charge is 0.444 e. The number of ether oxygens (including phenoxy) is 1. The highest BCUT2D eigenvalue weighted by Crippen LogP contribution is 2.33. The van der Waals surface area contributed by atoms with E-state index >= 15 is 0 Å². The van der Waals surface area contributed by atoms with Gasteiger partial charge in [-0.3, -0.25) is 4.79 Å². The van der Waals surface area contributed by atoms with Crippen LogP contribution in [0.25, 0.3) is 0 Å². The van der Waals surface area contributed by atoms with Gasteiger partial charge in [-0.1, -0.05) is 6.92 Å². The molecule has 1 fully saturated rings. The van der Waals surface area contributed by atoms with Gasteiger partial charge >= 0.3 is 6.09 Å². The number of carbonyl (C=O) groups is 2. The van der Waals surface area contributed by atoms with Crippen molar-refractivity contribution in [3.8, 4) is 0 Å². The highest BCUT2D eigenvalue weighted by molar-refractivity contribution is 5.72. The molecule has 0 saturated carbocycles. The van der Waals surface area contributed by atoms with Gasteiger partial charge in [-0.05, 0) is 27.2 Å². The molecule has 1 N–H and O–H groups in total. The normalized spacial score (nSPS) is 27.1. The second-order valence-corrected chi connectivity index (χ2v) is 6.71. The molecule has 0 aromatic rings. The number of nitrogens with zero attached hydrogens (tertiary/aromatic N) is 1. The monoisotopic (exact) mass is 288 g/mol. The molecule has 1 saturated heterocycles. The number of amides is 2. The van der Waals surface area contributed by atoms with Crippen LogP contribution in [0.1, 0.15) is 41.0 Å². The van der Waals surface area contributed by atoms with Gasteiger partial charge in [0.15, 0.2) is 0 Å². The fourth-order valence-corrected chi connectivity index (χ4v) is 2.07. The van der Waals surface area contributed by atoms with E-state index in [1.807, 2.05) is 0 Å².